The zero-order valence-electron chi connectivity index (χ0n) is 13.5. The van der Waals surface area contributed by atoms with E-state index < -0.39 is 11.6 Å². The van der Waals surface area contributed by atoms with Crippen LogP contribution in [0.25, 0.3) is 0 Å². The summed E-state index contributed by atoms with van der Waals surface area (Å²) < 4.78 is 31.6. The van der Waals surface area contributed by atoms with Crippen LogP contribution in [0.4, 0.5) is 8.78 Å². The van der Waals surface area contributed by atoms with Crippen molar-refractivity contribution in [3.05, 3.63) is 59.6 Å². The molecule has 0 aliphatic heterocycles. The minimum absolute atomic E-state index is 0. The third kappa shape index (κ3) is 6.69. The van der Waals surface area contributed by atoms with E-state index in [1.807, 2.05) is 0 Å². The number of benzene rings is 1. The number of nitrogens with one attached hydrogen (secondary N) is 3. The molecule has 0 spiro atoms. The fourth-order valence-corrected chi connectivity index (χ4v) is 1.93. The van der Waals surface area contributed by atoms with Gasteiger partial charge in [-0.1, -0.05) is 0 Å². The van der Waals surface area contributed by atoms with Crippen molar-refractivity contribution in [2.24, 2.45) is 4.99 Å². The van der Waals surface area contributed by atoms with Gasteiger partial charge in [-0.2, -0.15) is 0 Å². The first-order valence-electron chi connectivity index (χ1n) is 7.30. The predicted molar refractivity (Wildman–Crippen MR) is 101 cm³/mol. The lowest BCUT2D eigenvalue weighted by Crippen LogP contribution is -2.41. The second kappa shape index (κ2) is 10.6. The molecule has 1 heterocycles. The first-order chi connectivity index (χ1) is 11.6. The first kappa shape index (κ1) is 20.9. The van der Waals surface area contributed by atoms with Crippen LogP contribution in [0.5, 0.6) is 0 Å². The number of amides is 1. The number of hydrogen-bond acceptors (Lipinski definition) is 3. The lowest BCUT2D eigenvalue weighted by Gasteiger charge is -2.12. The molecule has 2 rings (SSSR count). The van der Waals surface area contributed by atoms with E-state index in [0.29, 0.717) is 19.0 Å². The molecule has 0 radical (unpaired) electrons. The van der Waals surface area contributed by atoms with Gasteiger partial charge in [-0.15, -0.1) is 24.0 Å². The van der Waals surface area contributed by atoms with Gasteiger partial charge in [0.05, 0.1) is 6.26 Å². The summed E-state index contributed by atoms with van der Waals surface area (Å²) in [6, 6.07) is 6.46. The highest BCUT2D eigenvalue weighted by Crippen LogP contribution is 2.08. The van der Waals surface area contributed by atoms with Gasteiger partial charge < -0.3 is 20.4 Å². The summed E-state index contributed by atoms with van der Waals surface area (Å²) in [7, 11) is 1.55. The lowest BCUT2D eigenvalue weighted by atomic mass is 10.2. The van der Waals surface area contributed by atoms with Crippen molar-refractivity contribution >= 4 is 35.8 Å². The van der Waals surface area contributed by atoms with E-state index in [1.165, 1.54) is 6.26 Å². The normalized spacial score (nSPS) is 10.8. The highest BCUT2D eigenvalue weighted by Gasteiger charge is 2.07. The number of halogens is 3. The second-order valence-electron chi connectivity index (χ2n) is 4.82. The molecule has 0 saturated heterocycles. The molecule has 6 nitrogen and oxygen atoms in total. The summed E-state index contributed by atoms with van der Waals surface area (Å²) in [5.41, 5.74) is 0.198. The van der Waals surface area contributed by atoms with E-state index >= 15 is 0 Å². The molecule has 136 valence electrons. The monoisotopic (exact) mass is 464 g/mol. The van der Waals surface area contributed by atoms with E-state index in [2.05, 4.69) is 20.9 Å². The number of aliphatic imine (C=N–C) groups is 1. The molecule has 0 saturated carbocycles. The van der Waals surface area contributed by atoms with Crippen LogP contribution in [0.1, 0.15) is 16.1 Å². The van der Waals surface area contributed by atoms with Gasteiger partial charge in [0.2, 0.25) is 0 Å². The molecule has 9 heteroatoms. The van der Waals surface area contributed by atoms with Gasteiger partial charge in [0.1, 0.15) is 11.6 Å². The smallest absolute Gasteiger partial charge is 0.287 e. The molecule has 1 aromatic heterocycles. The number of carbonyl (C=O) groups is 1. The van der Waals surface area contributed by atoms with Crippen molar-refractivity contribution in [3.63, 3.8) is 0 Å². The summed E-state index contributed by atoms with van der Waals surface area (Å²) in [4.78, 5) is 15.6. The largest absolute Gasteiger partial charge is 0.459 e. The Morgan fingerprint density at radius 1 is 1.16 bits per heavy atom. The molecule has 1 amide bonds. The summed E-state index contributed by atoms with van der Waals surface area (Å²) in [5, 5.41) is 8.49. The van der Waals surface area contributed by atoms with Crippen molar-refractivity contribution in [3.8, 4) is 0 Å². The third-order valence-electron chi connectivity index (χ3n) is 3.13. The van der Waals surface area contributed by atoms with E-state index in [9.17, 15) is 13.6 Å². The molecule has 3 N–H and O–H groups in total. The summed E-state index contributed by atoms with van der Waals surface area (Å²) in [5.74, 6) is -0.668. The number of hydrogen-bond donors (Lipinski definition) is 3. The molecule has 25 heavy (non-hydrogen) atoms. The first-order valence-corrected chi connectivity index (χ1v) is 7.30. The summed E-state index contributed by atoms with van der Waals surface area (Å²) >= 11 is 0. The Morgan fingerprint density at radius 2 is 1.92 bits per heavy atom. The summed E-state index contributed by atoms with van der Waals surface area (Å²) in [6.45, 7) is 0.828. The Morgan fingerprint density at radius 3 is 2.60 bits per heavy atom. The molecular formula is C16H19F2IN4O2. The molecule has 0 aliphatic rings. The zero-order valence-corrected chi connectivity index (χ0v) is 15.8. The van der Waals surface area contributed by atoms with Crippen molar-refractivity contribution in [2.45, 2.75) is 6.54 Å². The van der Waals surface area contributed by atoms with Crippen LogP contribution >= 0.6 is 24.0 Å². The van der Waals surface area contributed by atoms with Gasteiger partial charge in [-0.25, -0.2) is 8.78 Å². The quantitative estimate of drug-likeness (QED) is 0.265. The van der Waals surface area contributed by atoms with Crippen LogP contribution in [0, 0.1) is 11.6 Å². The van der Waals surface area contributed by atoms with E-state index in [4.69, 9.17) is 4.42 Å². The fourth-order valence-electron chi connectivity index (χ4n) is 1.93. The maximum Gasteiger partial charge on any atom is 0.287 e. The summed E-state index contributed by atoms with van der Waals surface area (Å²) in [6.07, 6.45) is 1.42. The van der Waals surface area contributed by atoms with Crippen LogP contribution in [0.2, 0.25) is 0 Å². The number of nitrogens with zero attached hydrogens (tertiary/aromatic N) is 1. The van der Waals surface area contributed by atoms with Gasteiger partial charge in [-0.3, -0.25) is 9.79 Å². The number of guanidine groups is 1. The van der Waals surface area contributed by atoms with Gasteiger partial charge in [-0.05, 0) is 30.3 Å². The van der Waals surface area contributed by atoms with Gasteiger partial charge in [0.15, 0.2) is 11.7 Å². The highest BCUT2D eigenvalue weighted by atomic mass is 127. The number of furan rings is 1. The second-order valence-corrected chi connectivity index (χ2v) is 4.82. The van der Waals surface area contributed by atoms with Crippen LogP contribution < -0.4 is 16.0 Å². The minimum Gasteiger partial charge on any atom is -0.459 e. The minimum atomic E-state index is -0.503. The molecular weight excluding hydrogens is 445 g/mol. The van der Waals surface area contributed by atoms with E-state index in [1.54, 1.807) is 19.2 Å². The molecule has 1 aromatic carbocycles. The van der Waals surface area contributed by atoms with Crippen LogP contribution in [0.15, 0.2) is 46.0 Å². The van der Waals surface area contributed by atoms with Crippen LogP contribution in [0.3, 0.4) is 0 Å². The molecule has 0 atom stereocenters. The zero-order chi connectivity index (χ0) is 17.4. The standard InChI is InChI=1S/C16H18F2N4O2.HI/c1-19-16(22-10-11-9-12(17)4-5-13(11)18)21-7-6-20-15(23)14-3-2-8-24-14;/h2-5,8-9H,6-7,10H2,1H3,(H,20,23)(H2,19,21,22);1H. The van der Waals surface area contributed by atoms with Crippen molar-refractivity contribution < 1.29 is 18.0 Å². The van der Waals surface area contributed by atoms with Gasteiger partial charge in [0.25, 0.3) is 5.91 Å². The Hall–Kier alpha value is -2.17. The highest BCUT2D eigenvalue weighted by molar-refractivity contribution is 14.0. The topological polar surface area (TPSA) is 78.7 Å². The van der Waals surface area contributed by atoms with Crippen LogP contribution in [-0.4, -0.2) is 32.0 Å². The van der Waals surface area contributed by atoms with Crippen molar-refractivity contribution in [1.29, 1.82) is 0 Å². The van der Waals surface area contributed by atoms with E-state index in [-0.39, 0.29) is 47.8 Å². The molecule has 2 aromatic rings. The average molecular weight is 464 g/mol. The molecule has 0 fully saturated rings. The number of carbonyl (C=O) groups excluding carboxylic acids is 1. The predicted octanol–water partition coefficient (Wildman–Crippen LogP) is 2.27. The Kier molecular flexibility index (Phi) is 8.89. The van der Waals surface area contributed by atoms with Gasteiger partial charge in [0, 0.05) is 32.2 Å². The van der Waals surface area contributed by atoms with E-state index in [0.717, 1.165) is 18.2 Å². The maximum absolute atomic E-state index is 13.5. The lowest BCUT2D eigenvalue weighted by molar-refractivity contribution is 0.0926. The van der Waals surface area contributed by atoms with Crippen molar-refractivity contribution in [1.82, 2.24) is 16.0 Å². The van der Waals surface area contributed by atoms with Crippen LogP contribution in [-0.2, 0) is 6.54 Å². The Labute approximate surface area is 161 Å². The fraction of sp³-hybridized carbons (Fsp3) is 0.250. The Bertz CT molecular complexity index is 708. The number of rotatable bonds is 6. The molecule has 0 aliphatic carbocycles. The average Bonchev–Trinajstić information content (AvgIpc) is 3.11. The SMILES string of the molecule is CN=C(NCCNC(=O)c1ccco1)NCc1cc(F)ccc1F.I. The molecule has 0 bridgehead atoms. The maximum atomic E-state index is 13.5. The third-order valence-corrected chi connectivity index (χ3v) is 3.13. The Balaban J connectivity index is 0.00000312. The molecule has 0 unspecified atom stereocenters. The van der Waals surface area contributed by atoms with Gasteiger partial charge >= 0.3 is 0 Å². The van der Waals surface area contributed by atoms with Crippen molar-refractivity contribution in [2.75, 3.05) is 20.1 Å².